The quantitative estimate of drug-likeness (QED) is 0.719. The lowest BCUT2D eigenvalue weighted by Crippen LogP contribution is -2.44. The smallest absolute Gasteiger partial charge is 0.0480 e. The lowest BCUT2D eigenvalue weighted by molar-refractivity contribution is 0.0403. The predicted molar refractivity (Wildman–Crippen MR) is 59.6 cm³/mol. The van der Waals surface area contributed by atoms with Crippen LogP contribution in [-0.4, -0.2) is 50.8 Å². The van der Waals surface area contributed by atoms with Gasteiger partial charge in [0.15, 0.2) is 0 Å². The number of rotatable bonds is 5. The van der Waals surface area contributed by atoms with Crippen molar-refractivity contribution in [2.75, 3.05) is 33.9 Å². The Morgan fingerprint density at radius 1 is 1.43 bits per heavy atom. The Bertz CT molecular complexity index is 142. The van der Waals surface area contributed by atoms with Crippen molar-refractivity contribution in [3.8, 4) is 0 Å². The van der Waals surface area contributed by atoms with E-state index < -0.39 is 0 Å². The fourth-order valence-corrected chi connectivity index (χ4v) is 2.05. The van der Waals surface area contributed by atoms with Crippen molar-refractivity contribution in [1.82, 2.24) is 10.2 Å². The molecule has 14 heavy (non-hydrogen) atoms. The molecule has 0 spiro atoms. The molecule has 0 aromatic carbocycles. The predicted octanol–water partition coefficient (Wildman–Crippen LogP) is 1.10. The van der Waals surface area contributed by atoms with E-state index in [9.17, 15) is 0 Å². The Hall–Kier alpha value is -0.120. The summed E-state index contributed by atoms with van der Waals surface area (Å²) in [5.41, 5.74) is 0. The number of hydrogen-bond donors (Lipinski definition) is 1. The first-order valence-electron chi connectivity index (χ1n) is 5.73. The first kappa shape index (κ1) is 12.0. The summed E-state index contributed by atoms with van der Waals surface area (Å²) in [7, 11) is 4.28. The zero-order valence-electron chi connectivity index (χ0n) is 9.75. The molecule has 1 fully saturated rings. The van der Waals surface area contributed by atoms with E-state index in [1.165, 1.54) is 19.3 Å². The van der Waals surface area contributed by atoms with Crippen molar-refractivity contribution < 1.29 is 4.74 Å². The van der Waals surface area contributed by atoms with Crippen LogP contribution in [0.5, 0.6) is 0 Å². The highest BCUT2D eigenvalue weighted by Crippen LogP contribution is 2.13. The van der Waals surface area contributed by atoms with E-state index in [0.29, 0.717) is 6.04 Å². The molecular weight excluding hydrogens is 176 g/mol. The largest absolute Gasteiger partial charge is 0.381 e. The van der Waals surface area contributed by atoms with Crippen LogP contribution in [0.3, 0.4) is 0 Å². The normalized spacial score (nSPS) is 21.4. The lowest BCUT2D eigenvalue weighted by Gasteiger charge is -2.33. The molecule has 1 saturated heterocycles. The average molecular weight is 200 g/mol. The lowest BCUT2D eigenvalue weighted by atomic mass is 10.1. The summed E-state index contributed by atoms with van der Waals surface area (Å²) >= 11 is 0. The third-order valence-electron chi connectivity index (χ3n) is 3.22. The van der Waals surface area contributed by atoms with Crippen molar-refractivity contribution in [1.29, 1.82) is 0 Å². The standard InChI is InChI=1S/C11H24N2O/c1-4-10(12-2)9-13(3)11-5-7-14-8-6-11/h10-12H,4-9H2,1-3H3. The van der Waals surface area contributed by atoms with Crippen LogP contribution in [0.15, 0.2) is 0 Å². The second-order valence-corrected chi connectivity index (χ2v) is 4.18. The molecule has 1 N–H and O–H groups in total. The minimum absolute atomic E-state index is 0.628. The number of likely N-dealkylation sites (N-methyl/N-ethyl adjacent to an activating group) is 2. The van der Waals surface area contributed by atoms with Gasteiger partial charge in [-0.1, -0.05) is 6.92 Å². The zero-order valence-corrected chi connectivity index (χ0v) is 9.75. The van der Waals surface area contributed by atoms with Gasteiger partial charge >= 0.3 is 0 Å². The highest BCUT2D eigenvalue weighted by molar-refractivity contribution is 4.75. The molecule has 0 aromatic heterocycles. The summed E-state index contributed by atoms with van der Waals surface area (Å²) in [5, 5.41) is 3.35. The van der Waals surface area contributed by atoms with Gasteiger partial charge in [-0.2, -0.15) is 0 Å². The summed E-state index contributed by atoms with van der Waals surface area (Å²) in [5.74, 6) is 0. The van der Waals surface area contributed by atoms with Gasteiger partial charge in [0.25, 0.3) is 0 Å². The second-order valence-electron chi connectivity index (χ2n) is 4.18. The molecule has 3 nitrogen and oxygen atoms in total. The highest BCUT2D eigenvalue weighted by Gasteiger charge is 2.19. The van der Waals surface area contributed by atoms with E-state index in [1.807, 2.05) is 7.05 Å². The zero-order chi connectivity index (χ0) is 10.4. The molecule has 1 atom stereocenters. The van der Waals surface area contributed by atoms with Gasteiger partial charge < -0.3 is 15.0 Å². The molecule has 1 aliphatic rings. The van der Waals surface area contributed by atoms with Gasteiger partial charge in [0.1, 0.15) is 0 Å². The van der Waals surface area contributed by atoms with Gasteiger partial charge in [-0.05, 0) is 33.4 Å². The van der Waals surface area contributed by atoms with Crippen LogP contribution < -0.4 is 5.32 Å². The number of nitrogens with one attached hydrogen (secondary N) is 1. The van der Waals surface area contributed by atoms with Crippen molar-refractivity contribution in [3.05, 3.63) is 0 Å². The van der Waals surface area contributed by atoms with Crippen molar-refractivity contribution in [2.24, 2.45) is 0 Å². The molecule has 0 saturated carbocycles. The van der Waals surface area contributed by atoms with Crippen LogP contribution in [-0.2, 0) is 4.74 Å². The average Bonchev–Trinajstić information content (AvgIpc) is 2.26. The van der Waals surface area contributed by atoms with E-state index in [0.717, 1.165) is 25.8 Å². The van der Waals surface area contributed by atoms with Crippen LogP contribution in [0.1, 0.15) is 26.2 Å². The van der Waals surface area contributed by atoms with Crippen molar-refractivity contribution >= 4 is 0 Å². The number of ether oxygens (including phenoxy) is 1. The molecule has 3 heteroatoms. The topological polar surface area (TPSA) is 24.5 Å². The highest BCUT2D eigenvalue weighted by atomic mass is 16.5. The molecular formula is C11H24N2O. The molecule has 84 valence electrons. The van der Waals surface area contributed by atoms with Crippen LogP contribution in [0.2, 0.25) is 0 Å². The first-order chi connectivity index (χ1) is 6.77. The summed E-state index contributed by atoms with van der Waals surface area (Å²) in [6.07, 6.45) is 3.58. The molecule has 0 amide bonds. The SMILES string of the molecule is CCC(CN(C)C1CCOCC1)NC. The molecule has 1 unspecified atom stereocenters. The van der Waals surface area contributed by atoms with Gasteiger partial charge in [0.2, 0.25) is 0 Å². The van der Waals surface area contributed by atoms with Crippen LogP contribution >= 0.6 is 0 Å². The van der Waals surface area contributed by atoms with E-state index in [-0.39, 0.29) is 0 Å². The first-order valence-corrected chi connectivity index (χ1v) is 5.73. The van der Waals surface area contributed by atoms with E-state index in [2.05, 4.69) is 24.2 Å². The third kappa shape index (κ3) is 3.56. The van der Waals surface area contributed by atoms with Gasteiger partial charge in [0.05, 0.1) is 0 Å². The second kappa shape index (κ2) is 6.38. The Morgan fingerprint density at radius 3 is 2.57 bits per heavy atom. The van der Waals surface area contributed by atoms with Crippen LogP contribution in [0, 0.1) is 0 Å². The fraction of sp³-hybridized carbons (Fsp3) is 1.00. The molecule has 1 aliphatic heterocycles. The summed E-state index contributed by atoms with van der Waals surface area (Å²) in [6.45, 7) is 5.26. The minimum Gasteiger partial charge on any atom is -0.381 e. The van der Waals surface area contributed by atoms with Crippen LogP contribution in [0.4, 0.5) is 0 Å². The van der Waals surface area contributed by atoms with E-state index >= 15 is 0 Å². The van der Waals surface area contributed by atoms with Crippen molar-refractivity contribution in [2.45, 2.75) is 38.3 Å². The Balaban J connectivity index is 2.27. The van der Waals surface area contributed by atoms with Gasteiger partial charge in [-0.3, -0.25) is 0 Å². The van der Waals surface area contributed by atoms with E-state index in [1.54, 1.807) is 0 Å². The van der Waals surface area contributed by atoms with Crippen molar-refractivity contribution in [3.63, 3.8) is 0 Å². The number of nitrogens with zero attached hydrogens (tertiary/aromatic N) is 1. The Kier molecular flexibility index (Phi) is 5.45. The van der Waals surface area contributed by atoms with E-state index in [4.69, 9.17) is 4.74 Å². The summed E-state index contributed by atoms with van der Waals surface area (Å²) < 4.78 is 5.37. The monoisotopic (exact) mass is 200 g/mol. The molecule has 0 aliphatic carbocycles. The molecule has 1 heterocycles. The minimum atomic E-state index is 0.628. The summed E-state index contributed by atoms with van der Waals surface area (Å²) in [4.78, 5) is 2.48. The van der Waals surface area contributed by atoms with Crippen LogP contribution in [0.25, 0.3) is 0 Å². The Morgan fingerprint density at radius 2 is 2.07 bits per heavy atom. The fourth-order valence-electron chi connectivity index (χ4n) is 2.05. The third-order valence-corrected chi connectivity index (χ3v) is 3.22. The number of hydrogen-bond acceptors (Lipinski definition) is 3. The molecule has 0 bridgehead atoms. The molecule has 1 rings (SSSR count). The molecule has 0 aromatic rings. The van der Waals surface area contributed by atoms with Gasteiger partial charge in [-0.25, -0.2) is 0 Å². The Labute approximate surface area is 87.8 Å². The van der Waals surface area contributed by atoms with Gasteiger partial charge in [0, 0.05) is 31.8 Å². The maximum absolute atomic E-state index is 5.37. The maximum atomic E-state index is 5.37. The van der Waals surface area contributed by atoms with Gasteiger partial charge in [-0.15, -0.1) is 0 Å². The summed E-state index contributed by atoms with van der Waals surface area (Å²) in [6, 6.07) is 1.36. The maximum Gasteiger partial charge on any atom is 0.0480 e. The molecule has 0 radical (unpaired) electrons.